The molecule has 0 fully saturated rings. The van der Waals surface area contributed by atoms with Gasteiger partial charge in [-0.15, -0.1) is 0 Å². The number of nitrogen functional groups attached to an aromatic ring is 1. The molecule has 1 atom stereocenters. The molecule has 0 saturated carbocycles. The summed E-state index contributed by atoms with van der Waals surface area (Å²) in [5.41, 5.74) is 7.98. The number of carbonyl (C=O) groups is 1. The normalized spacial score (nSPS) is 16.3. The number of rotatable bonds is 2. The first-order valence-corrected chi connectivity index (χ1v) is 6.69. The van der Waals surface area contributed by atoms with Crippen LogP contribution >= 0.6 is 0 Å². The van der Waals surface area contributed by atoms with Gasteiger partial charge >= 0.3 is 0 Å². The second-order valence-electron chi connectivity index (χ2n) is 4.93. The maximum atomic E-state index is 12.3. The molecule has 21 heavy (non-hydrogen) atoms. The Kier molecular flexibility index (Phi) is 3.39. The average Bonchev–Trinajstić information content (AvgIpc) is 2.49. The molecule has 2 aromatic rings. The fourth-order valence-electron chi connectivity index (χ4n) is 2.19. The van der Waals surface area contributed by atoms with E-state index >= 15 is 0 Å². The van der Waals surface area contributed by atoms with Gasteiger partial charge in [-0.1, -0.05) is 12.1 Å². The maximum Gasteiger partial charge on any atom is 0.269 e. The summed E-state index contributed by atoms with van der Waals surface area (Å²) in [6, 6.07) is 12.6. The van der Waals surface area contributed by atoms with E-state index in [9.17, 15) is 4.79 Å². The molecular formula is C16H16N2O3. The van der Waals surface area contributed by atoms with Gasteiger partial charge in [-0.3, -0.25) is 4.79 Å². The van der Waals surface area contributed by atoms with Gasteiger partial charge in [-0.2, -0.15) is 0 Å². The van der Waals surface area contributed by atoms with Gasteiger partial charge < -0.3 is 20.5 Å². The maximum absolute atomic E-state index is 12.3. The summed E-state index contributed by atoms with van der Waals surface area (Å²) in [6.45, 7) is 2.08. The number of amides is 1. The van der Waals surface area contributed by atoms with Crippen molar-refractivity contribution in [2.75, 3.05) is 17.7 Å². The summed E-state index contributed by atoms with van der Waals surface area (Å²) in [6.07, 6.45) is -0.670. The van der Waals surface area contributed by atoms with E-state index in [-0.39, 0.29) is 12.5 Å². The van der Waals surface area contributed by atoms with Crippen molar-refractivity contribution in [1.82, 2.24) is 0 Å². The molecule has 3 N–H and O–H groups in total. The van der Waals surface area contributed by atoms with Crippen molar-refractivity contribution in [3.63, 3.8) is 0 Å². The lowest BCUT2D eigenvalue weighted by molar-refractivity contribution is -0.125. The lowest BCUT2D eigenvalue weighted by Gasteiger charge is -2.25. The Balaban J connectivity index is 1.72. The number of ether oxygens (including phenoxy) is 2. The second kappa shape index (κ2) is 5.36. The molecule has 2 aromatic carbocycles. The Morgan fingerprint density at radius 2 is 2.00 bits per heavy atom. The fraction of sp³-hybridized carbons (Fsp3) is 0.188. The molecule has 0 bridgehead atoms. The van der Waals surface area contributed by atoms with Crippen molar-refractivity contribution in [3.8, 4) is 11.5 Å². The van der Waals surface area contributed by atoms with E-state index in [2.05, 4.69) is 5.32 Å². The van der Waals surface area contributed by atoms with Gasteiger partial charge in [-0.05, 0) is 42.8 Å². The quantitative estimate of drug-likeness (QED) is 0.830. The minimum absolute atomic E-state index is 0.191. The first-order chi connectivity index (χ1) is 10.1. The number of nitrogens with one attached hydrogen (secondary N) is 1. The summed E-state index contributed by atoms with van der Waals surface area (Å²) < 4.78 is 11.2. The van der Waals surface area contributed by atoms with Crippen LogP contribution in [0.1, 0.15) is 5.56 Å². The third-order valence-corrected chi connectivity index (χ3v) is 3.31. The van der Waals surface area contributed by atoms with Crippen LogP contribution in [0.5, 0.6) is 11.5 Å². The van der Waals surface area contributed by atoms with E-state index < -0.39 is 6.10 Å². The van der Waals surface area contributed by atoms with Crippen LogP contribution in [0.2, 0.25) is 0 Å². The predicted molar refractivity (Wildman–Crippen MR) is 80.6 cm³/mol. The van der Waals surface area contributed by atoms with Gasteiger partial charge in [0.05, 0.1) is 0 Å². The molecule has 0 radical (unpaired) electrons. The molecule has 3 rings (SSSR count). The Labute approximate surface area is 122 Å². The molecule has 1 aliphatic heterocycles. The molecule has 5 nitrogen and oxygen atoms in total. The molecule has 5 heteroatoms. The second-order valence-corrected chi connectivity index (χ2v) is 4.93. The summed E-state index contributed by atoms with van der Waals surface area (Å²) in [7, 11) is 0. The minimum atomic E-state index is -0.670. The topological polar surface area (TPSA) is 73.6 Å². The molecular weight excluding hydrogens is 268 g/mol. The standard InChI is InChI=1S/C16H16N2O3/c1-10-8-11(17)6-7-12(10)18-16(19)15-9-20-13-4-2-3-5-14(13)21-15/h2-8,15H,9,17H2,1H3,(H,18,19). The largest absolute Gasteiger partial charge is 0.485 e. The summed E-state index contributed by atoms with van der Waals surface area (Å²) in [4.78, 5) is 12.3. The lowest BCUT2D eigenvalue weighted by Crippen LogP contribution is -2.40. The van der Waals surface area contributed by atoms with Crippen LogP contribution in [0.25, 0.3) is 0 Å². The number of para-hydroxylation sites is 2. The summed E-state index contributed by atoms with van der Waals surface area (Å²) in [5.74, 6) is 1.00. The number of aryl methyl sites for hydroxylation is 1. The Morgan fingerprint density at radius 1 is 1.24 bits per heavy atom. The zero-order valence-electron chi connectivity index (χ0n) is 11.6. The zero-order valence-corrected chi connectivity index (χ0v) is 11.6. The summed E-state index contributed by atoms with van der Waals surface area (Å²) in [5, 5.41) is 2.84. The van der Waals surface area contributed by atoms with Crippen molar-refractivity contribution in [1.29, 1.82) is 0 Å². The van der Waals surface area contributed by atoms with E-state index in [4.69, 9.17) is 15.2 Å². The van der Waals surface area contributed by atoms with E-state index in [0.29, 0.717) is 17.2 Å². The Morgan fingerprint density at radius 3 is 2.76 bits per heavy atom. The number of carbonyl (C=O) groups excluding carboxylic acids is 1. The van der Waals surface area contributed by atoms with E-state index in [1.807, 2.05) is 31.2 Å². The van der Waals surface area contributed by atoms with Crippen LogP contribution in [0.15, 0.2) is 42.5 Å². The first kappa shape index (κ1) is 13.3. The van der Waals surface area contributed by atoms with E-state index in [1.165, 1.54) is 0 Å². The number of hydrogen-bond donors (Lipinski definition) is 2. The van der Waals surface area contributed by atoms with Gasteiger partial charge in [0.25, 0.3) is 5.91 Å². The number of fused-ring (bicyclic) bond motifs is 1. The summed E-state index contributed by atoms with van der Waals surface area (Å²) >= 11 is 0. The third-order valence-electron chi connectivity index (χ3n) is 3.31. The van der Waals surface area contributed by atoms with Crippen molar-refractivity contribution < 1.29 is 14.3 Å². The Bertz CT molecular complexity index is 685. The minimum Gasteiger partial charge on any atom is -0.485 e. The van der Waals surface area contributed by atoms with E-state index in [0.717, 1.165) is 11.3 Å². The molecule has 1 unspecified atom stereocenters. The highest BCUT2D eigenvalue weighted by molar-refractivity contribution is 5.95. The number of nitrogens with two attached hydrogens (primary N) is 1. The number of anilines is 2. The van der Waals surface area contributed by atoms with Gasteiger partial charge in [0.2, 0.25) is 6.10 Å². The van der Waals surface area contributed by atoms with Crippen LogP contribution in [0, 0.1) is 6.92 Å². The van der Waals surface area contributed by atoms with Crippen molar-refractivity contribution in [2.24, 2.45) is 0 Å². The number of hydrogen-bond acceptors (Lipinski definition) is 4. The van der Waals surface area contributed by atoms with Gasteiger partial charge in [0.15, 0.2) is 11.5 Å². The van der Waals surface area contributed by atoms with Crippen LogP contribution in [-0.4, -0.2) is 18.6 Å². The van der Waals surface area contributed by atoms with Crippen molar-refractivity contribution in [3.05, 3.63) is 48.0 Å². The molecule has 0 aromatic heterocycles. The fourth-order valence-corrected chi connectivity index (χ4v) is 2.19. The van der Waals surface area contributed by atoms with Crippen molar-refractivity contribution in [2.45, 2.75) is 13.0 Å². The monoisotopic (exact) mass is 284 g/mol. The highest BCUT2D eigenvalue weighted by Gasteiger charge is 2.27. The molecule has 1 heterocycles. The molecule has 1 amide bonds. The SMILES string of the molecule is Cc1cc(N)ccc1NC(=O)C1COc2ccccc2O1. The molecule has 0 spiro atoms. The Hall–Kier alpha value is -2.69. The van der Waals surface area contributed by atoms with Crippen LogP contribution < -0.4 is 20.5 Å². The first-order valence-electron chi connectivity index (χ1n) is 6.69. The highest BCUT2D eigenvalue weighted by atomic mass is 16.6. The van der Waals surface area contributed by atoms with E-state index in [1.54, 1.807) is 18.2 Å². The predicted octanol–water partition coefficient (Wildman–Crippen LogP) is 2.36. The molecule has 108 valence electrons. The molecule has 0 aliphatic carbocycles. The number of benzene rings is 2. The smallest absolute Gasteiger partial charge is 0.269 e. The third kappa shape index (κ3) is 2.76. The molecule has 0 saturated heterocycles. The van der Waals surface area contributed by atoms with Crippen LogP contribution in [0.3, 0.4) is 0 Å². The van der Waals surface area contributed by atoms with Crippen LogP contribution in [0.4, 0.5) is 11.4 Å². The van der Waals surface area contributed by atoms with Gasteiger partial charge in [0, 0.05) is 11.4 Å². The highest BCUT2D eigenvalue weighted by Crippen LogP contribution is 2.31. The average molecular weight is 284 g/mol. The van der Waals surface area contributed by atoms with Crippen LogP contribution in [-0.2, 0) is 4.79 Å². The van der Waals surface area contributed by atoms with Gasteiger partial charge in [0.1, 0.15) is 6.61 Å². The van der Waals surface area contributed by atoms with Gasteiger partial charge in [-0.25, -0.2) is 0 Å². The lowest BCUT2D eigenvalue weighted by atomic mass is 10.1. The zero-order chi connectivity index (χ0) is 14.8. The van der Waals surface area contributed by atoms with Crippen molar-refractivity contribution >= 4 is 17.3 Å². The molecule has 1 aliphatic rings.